The van der Waals surface area contributed by atoms with Crippen LogP contribution in [0.3, 0.4) is 0 Å². The van der Waals surface area contributed by atoms with Crippen molar-refractivity contribution >= 4 is 33.1 Å². The van der Waals surface area contributed by atoms with Gasteiger partial charge < -0.3 is 9.80 Å². The van der Waals surface area contributed by atoms with Crippen molar-refractivity contribution in [1.82, 2.24) is 9.88 Å². The Bertz CT molecular complexity index is 977. The maximum atomic E-state index is 12.9. The third-order valence-corrected chi connectivity index (χ3v) is 5.59. The average molecular weight is 391 g/mol. The maximum Gasteiger partial charge on any atom is 0.416 e. The number of carbonyl (C=O) groups is 1. The van der Waals surface area contributed by atoms with Crippen LogP contribution in [0.25, 0.3) is 10.2 Å². The molecule has 1 aliphatic heterocycles. The fourth-order valence-electron chi connectivity index (χ4n) is 3.27. The Hall–Kier alpha value is -2.61. The molecule has 4 nitrogen and oxygen atoms in total. The summed E-state index contributed by atoms with van der Waals surface area (Å²) in [4.78, 5) is 20.8. The van der Waals surface area contributed by atoms with E-state index in [1.54, 1.807) is 22.4 Å². The average Bonchev–Trinajstić information content (AvgIpc) is 3.16. The number of anilines is 1. The normalized spacial score (nSPS) is 15.4. The summed E-state index contributed by atoms with van der Waals surface area (Å²) in [5.41, 5.74) is 1.30. The predicted octanol–water partition coefficient (Wildman–Crippen LogP) is 4.28. The second-order valence-corrected chi connectivity index (χ2v) is 7.24. The van der Waals surface area contributed by atoms with Crippen LogP contribution >= 0.6 is 11.3 Å². The molecule has 0 saturated carbocycles. The van der Waals surface area contributed by atoms with Gasteiger partial charge in [-0.25, -0.2) is 0 Å². The van der Waals surface area contributed by atoms with Crippen molar-refractivity contribution < 1.29 is 18.0 Å². The number of piperazine rings is 1. The Morgan fingerprint density at radius 3 is 2.59 bits per heavy atom. The first kappa shape index (κ1) is 17.8. The van der Waals surface area contributed by atoms with Gasteiger partial charge in [-0.2, -0.15) is 13.2 Å². The molecule has 140 valence electrons. The highest BCUT2D eigenvalue weighted by atomic mass is 32.1. The van der Waals surface area contributed by atoms with Gasteiger partial charge >= 0.3 is 6.18 Å². The van der Waals surface area contributed by atoms with E-state index in [4.69, 9.17) is 0 Å². The largest absolute Gasteiger partial charge is 0.416 e. The molecule has 1 fully saturated rings. The number of alkyl halides is 3. The summed E-state index contributed by atoms with van der Waals surface area (Å²) in [5.74, 6) is -0.364. The Labute approximate surface area is 157 Å². The van der Waals surface area contributed by atoms with E-state index >= 15 is 0 Å². The Balaban J connectivity index is 1.48. The number of nitrogens with zero attached hydrogens (tertiary/aromatic N) is 3. The number of amides is 1. The van der Waals surface area contributed by atoms with Gasteiger partial charge in [-0.05, 0) is 35.7 Å². The summed E-state index contributed by atoms with van der Waals surface area (Å²) >= 11 is 1.62. The minimum atomic E-state index is -4.46. The molecule has 8 heteroatoms. The number of hydrogen-bond acceptors (Lipinski definition) is 4. The Kier molecular flexibility index (Phi) is 4.51. The molecule has 0 aliphatic carbocycles. The fourth-order valence-corrected chi connectivity index (χ4v) is 4.16. The number of rotatable bonds is 2. The van der Waals surface area contributed by atoms with Crippen LogP contribution in [0.4, 0.5) is 18.9 Å². The molecule has 2 aromatic heterocycles. The third kappa shape index (κ3) is 3.49. The van der Waals surface area contributed by atoms with E-state index in [1.165, 1.54) is 12.1 Å². The molecule has 0 radical (unpaired) electrons. The van der Waals surface area contributed by atoms with Gasteiger partial charge in [0.05, 0.1) is 21.5 Å². The van der Waals surface area contributed by atoms with Crippen molar-refractivity contribution in [1.29, 1.82) is 0 Å². The Morgan fingerprint density at radius 1 is 1.07 bits per heavy atom. The standard InChI is InChI=1S/C19H16F3N3OS/c20-19(21,22)14-3-1-2-13(12-14)18(26)25-9-7-24(8-10-25)16-4-6-23-15-5-11-27-17(15)16/h1-6,11-12H,7-10H2. The molecular weight excluding hydrogens is 375 g/mol. The Morgan fingerprint density at radius 2 is 1.85 bits per heavy atom. The monoisotopic (exact) mass is 391 g/mol. The highest BCUT2D eigenvalue weighted by Gasteiger charge is 2.31. The second-order valence-electron chi connectivity index (χ2n) is 6.32. The molecule has 0 unspecified atom stereocenters. The number of aromatic nitrogens is 1. The van der Waals surface area contributed by atoms with E-state index in [1.807, 2.05) is 17.5 Å². The predicted molar refractivity (Wildman–Crippen MR) is 99.2 cm³/mol. The van der Waals surface area contributed by atoms with Gasteiger partial charge in [0.15, 0.2) is 0 Å². The second kappa shape index (κ2) is 6.84. The van der Waals surface area contributed by atoms with Crippen LogP contribution in [-0.2, 0) is 6.18 Å². The molecule has 0 atom stereocenters. The first-order valence-corrected chi connectivity index (χ1v) is 9.35. The molecule has 0 spiro atoms. The van der Waals surface area contributed by atoms with Gasteiger partial charge in [0, 0.05) is 37.9 Å². The molecule has 1 amide bonds. The number of hydrogen-bond donors (Lipinski definition) is 0. The lowest BCUT2D eigenvalue weighted by Crippen LogP contribution is -2.48. The van der Waals surface area contributed by atoms with Crippen LogP contribution in [0.5, 0.6) is 0 Å². The zero-order chi connectivity index (χ0) is 19.0. The first-order valence-electron chi connectivity index (χ1n) is 8.47. The van der Waals surface area contributed by atoms with Crippen LogP contribution < -0.4 is 4.90 Å². The number of pyridine rings is 1. The fraction of sp³-hybridized carbons (Fsp3) is 0.263. The lowest BCUT2D eigenvalue weighted by Gasteiger charge is -2.36. The van der Waals surface area contributed by atoms with Gasteiger partial charge in [-0.1, -0.05) is 6.07 Å². The molecule has 1 saturated heterocycles. The number of carbonyl (C=O) groups excluding carboxylic acids is 1. The van der Waals surface area contributed by atoms with Crippen LogP contribution in [0.1, 0.15) is 15.9 Å². The smallest absolute Gasteiger partial charge is 0.367 e. The van der Waals surface area contributed by atoms with E-state index in [9.17, 15) is 18.0 Å². The number of thiophene rings is 1. The van der Waals surface area contributed by atoms with Crippen LogP contribution in [0.2, 0.25) is 0 Å². The van der Waals surface area contributed by atoms with E-state index in [2.05, 4.69) is 9.88 Å². The molecule has 0 bridgehead atoms. The number of fused-ring (bicyclic) bond motifs is 1. The third-order valence-electron chi connectivity index (χ3n) is 4.67. The van der Waals surface area contributed by atoms with Crippen LogP contribution in [0.15, 0.2) is 48.0 Å². The highest BCUT2D eigenvalue weighted by molar-refractivity contribution is 7.17. The van der Waals surface area contributed by atoms with Gasteiger partial charge in [0.2, 0.25) is 0 Å². The van der Waals surface area contributed by atoms with Crippen molar-refractivity contribution in [3.63, 3.8) is 0 Å². The highest BCUT2D eigenvalue weighted by Crippen LogP contribution is 2.31. The van der Waals surface area contributed by atoms with Crippen LogP contribution in [-0.4, -0.2) is 42.0 Å². The molecule has 27 heavy (non-hydrogen) atoms. The SMILES string of the molecule is O=C(c1cccc(C(F)(F)F)c1)N1CCN(c2ccnc3ccsc23)CC1. The van der Waals surface area contributed by atoms with Crippen molar-refractivity contribution in [2.24, 2.45) is 0 Å². The molecule has 3 heterocycles. The summed E-state index contributed by atoms with van der Waals surface area (Å²) in [5, 5.41) is 1.99. The molecule has 0 N–H and O–H groups in total. The summed E-state index contributed by atoms with van der Waals surface area (Å²) in [7, 11) is 0. The zero-order valence-corrected chi connectivity index (χ0v) is 15.1. The lowest BCUT2D eigenvalue weighted by molar-refractivity contribution is -0.137. The van der Waals surface area contributed by atoms with E-state index in [-0.39, 0.29) is 11.5 Å². The lowest BCUT2D eigenvalue weighted by atomic mass is 10.1. The topological polar surface area (TPSA) is 36.4 Å². The molecule has 3 aromatic rings. The number of benzene rings is 1. The van der Waals surface area contributed by atoms with E-state index in [0.717, 1.165) is 28.0 Å². The van der Waals surface area contributed by atoms with E-state index < -0.39 is 11.7 Å². The molecule has 4 rings (SSSR count). The van der Waals surface area contributed by atoms with Crippen molar-refractivity contribution in [3.8, 4) is 0 Å². The summed E-state index contributed by atoms with van der Waals surface area (Å²) in [6.45, 7) is 2.18. The van der Waals surface area contributed by atoms with Gasteiger partial charge in [-0.15, -0.1) is 11.3 Å². The molecule has 1 aliphatic rings. The molecular formula is C19H16F3N3OS. The van der Waals surface area contributed by atoms with Gasteiger partial charge in [0.25, 0.3) is 5.91 Å². The summed E-state index contributed by atoms with van der Waals surface area (Å²) < 4.78 is 39.7. The quantitative estimate of drug-likeness (QED) is 0.654. The van der Waals surface area contributed by atoms with Crippen molar-refractivity contribution in [2.45, 2.75) is 6.18 Å². The van der Waals surface area contributed by atoms with Crippen molar-refractivity contribution in [2.75, 3.05) is 31.1 Å². The summed E-state index contributed by atoms with van der Waals surface area (Å²) in [6.07, 6.45) is -2.69. The summed E-state index contributed by atoms with van der Waals surface area (Å²) in [6, 6.07) is 8.54. The minimum Gasteiger partial charge on any atom is -0.367 e. The molecule has 1 aromatic carbocycles. The van der Waals surface area contributed by atoms with Gasteiger partial charge in [0.1, 0.15) is 0 Å². The first-order chi connectivity index (χ1) is 12.9. The minimum absolute atomic E-state index is 0.0721. The van der Waals surface area contributed by atoms with Gasteiger partial charge in [-0.3, -0.25) is 9.78 Å². The van der Waals surface area contributed by atoms with E-state index in [0.29, 0.717) is 26.2 Å². The number of halogens is 3. The zero-order valence-electron chi connectivity index (χ0n) is 14.2. The van der Waals surface area contributed by atoms with Crippen molar-refractivity contribution in [3.05, 3.63) is 59.1 Å². The maximum absolute atomic E-state index is 12.9. The van der Waals surface area contributed by atoms with Crippen LogP contribution in [0, 0.1) is 0 Å².